The zero-order chi connectivity index (χ0) is 17.8. The molecule has 1 aliphatic carbocycles. The summed E-state index contributed by atoms with van der Waals surface area (Å²) in [6, 6.07) is 6.02. The zero-order valence-corrected chi connectivity index (χ0v) is 14.8. The van der Waals surface area contributed by atoms with E-state index < -0.39 is 0 Å². The molecule has 0 amide bonds. The highest BCUT2D eigenvalue weighted by molar-refractivity contribution is 6.00. The molecule has 4 aromatic rings. The lowest BCUT2D eigenvalue weighted by atomic mass is 10.0. The Morgan fingerprint density at radius 2 is 2.12 bits per heavy atom. The number of benzene rings is 1. The van der Waals surface area contributed by atoms with Crippen molar-refractivity contribution in [1.82, 2.24) is 19.5 Å². The molecular weight excluding hydrogens is 328 g/mol. The fraction of sp³-hybridized carbons (Fsp3) is 0.300. The van der Waals surface area contributed by atoms with Crippen LogP contribution in [0.4, 0.5) is 0 Å². The van der Waals surface area contributed by atoms with E-state index in [9.17, 15) is 4.79 Å². The Labute approximate surface area is 149 Å². The smallest absolute Gasteiger partial charge is 0.274 e. The van der Waals surface area contributed by atoms with Gasteiger partial charge in [0.05, 0.1) is 12.1 Å². The average Bonchev–Trinajstić information content (AvgIpc) is 3.17. The van der Waals surface area contributed by atoms with E-state index in [1.54, 1.807) is 17.8 Å². The first kappa shape index (κ1) is 15.3. The summed E-state index contributed by atoms with van der Waals surface area (Å²) in [6.45, 7) is 2.65. The van der Waals surface area contributed by atoms with Gasteiger partial charge in [0.15, 0.2) is 5.75 Å². The van der Waals surface area contributed by atoms with Crippen LogP contribution in [0.3, 0.4) is 0 Å². The fourth-order valence-electron chi connectivity index (χ4n) is 3.50. The molecule has 6 nitrogen and oxygen atoms in total. The zero-order valence-electron chi connectivity index (χ0n) is 14.8. The molecule has 6 heteroatoms. The summed E-state index contributed by atoms with van der Waals surface area (Å²) in [7, 11) is 1.77. The molecule has 1 aromatic carbocycles. The third-order valence-corrected chi connectivity index (χ3v) is 5.07. The van der Waals surface area contributed by atoms with Crippen molar-refractivity contribution >= 4 is 21.9 Å². The number of hydrogen-bond acceptors (Lipinski definition) is 3. The summed E-state index contributed by atoms with van der Waals surface area (Å²) in [5.41, 5.74) is 4.31. The van der Waals surface area contributed by atoms with Crippen molar-refractivity contribution in [3.05, 3.63) is 46.8 Å². The van der Waals surface area contributed by atoms with Gasteiger partial charge in [-0.1, -0.05) is 0 Å². The Kier molecular flexibility index (Phi) is 3.22. The third kappa shape index (κ3) is 2.33. The summed E-state index contributed by atoms with van der Waals surface area (Å²) in [6.07, 6.45) is 6.14. The van der Waals surface area contributed by atoms with Crippen molar-refractivity contribution in [1.29, 1.82) is 0 Å². The minimum absolute atomic E-state index is 0.0362. The number of H-pyrrole nitrogens is 2. The van der Waals surface area contributed by atoms with Gasteiger partial charge in [-0.05, 0) is 43.9 Å². The van der Waals surface area contributed by atoms with Gasteiger partial charge in [0, 0.05) is 36.0 Å². The summed E-state index contributed by atoms with van der Waals surface area (Å²) >= 11 is 0. The maximum absolute atomic E-state index is 12.4. The molecule has 5 rings (SSSR count). The average molecular weight is 348 g/mol. The van der Waals surface area contributed by atoms with E-state index in [2.05, 4.69) is 21.0 Å². The Hall–Kier alpha value is -3.02. The number of aromatic amines is 2. The number of nitrogens with zero attached hydrogens (tertiary/aromatic N) is 2. The lowest BCUT2D eigenvalue weighted by Crippen LogP contribution is -2.16. The normalized spacial score (nSPS) is 14.4. The van der Waals surface area contributed by atoms with Gasteiger partial charge in [-0.2, -0.15) is 0 Å². The molecule has 0 saturated heterocycles. The molecular formula is C20H20N4O2. The van der Waals surface area contributed by atoms with Gasteiger partial charge >= 0.3 is 0 Å². The number of hydrogen-bond donors (Lipinski definition) is 2. The quantitative estimate of drug-likeness (QED) is 0.592. The van der Waals surface area contributed by atoms with E-state index in [4.69, 9.17) is 4.74 Å². The first-order chi connectivity index (χ1) is 12.6. The van der Waals surface area contributed by atoms with Crippen LogP contribution in [0.25, 0.3) is 33.1 Å². The van der Waals surface area contributed by atoms with Gasteiger partial charge in [-0.15, -0.1) is 0 Å². The number of rotatable bonds is 4. The van der Waals surface area contributed by atoms with E-state index in [-0.39, 0.29) is 5.56 Å². The van der Waals surface area contributed by atoms with Crippen LogP contribution in [0.5, 0.6) is 5.75 Å². The second-order valence-electron chi connectivity index (χ2n) is 7.14. The fourth-order valence-corrected chi connectivity index (χ4v) is 3.50. The van der Waals surface area contributed by atoms with Crippen molar-refractivity contribution in [3.8, 4) is 16.9 Å². The van der Waals surface area contributed by atoms with E-state index in [0.29, 0.717) is 18.0 Å². The molecule has 3 heterocycles. The van der Waals surface area contributed by atoms with Gasteiger partial charge in [-0.25, -0.2) is 4.98 Å². The van der Waals surface area contributed by atoms with Crippen LogP contribution in [0.1, 0.15) is 18.7 Å². The van der Waals surface area contributed by atoms with Crippen LogP contribution >= 0.6 is 0 Å². The first-order valence-electron chi connectivity index (χ1n) is 8.91. The van der Waals surface area contributed by atoms with E-state index in [1.165, 1.54) is 12.8 Å². The lowest BCUT2D eigenvalue weighted by molar-refractivity contribution is 0.304. The maximum Gasteiger partial charge on any atom is 0.274 e. The number of imidazole rings is 1. The second kappa shape index (κ2) is 5.49. The SMILES string of the molecule is Cc1nc2c(OCC3CC3)c(-c3cn(C)c(=O)c4[nH]ccc34)ccc2[nH]1. The largest absolute Gasteiger partial charge is 0.490 e. The Bertz CT molecular complexity index is 1190. The highest BCUT2D eigenvalue weighted by Gasteiger charge is 2.24. The highest BCUT2D eigenvalue weighted by atomic mass is 16.5. The summed E-state index contributed by atoms with van der Waals surface area (Å²) in [5, 5.41) is 0.899. The number of aryl methyl sites for hydroxylation is 2. The minimum atomic E-state index is -0.0362. The molecule has 132 valence electrons. The molecule has 1 saturated carbocycles. The van der Waals surface area contributed by atoms with Crippen LogP contribution in [-0.2, 0) is 7.05 Å². The summed E-state index contributed by atoms with van der Waals surface area (Å²) in [5.74, 6) is 2.30. The molecule has 0 radical (unpaired) electrons. The van der Waals surface area contributed by atoms with Gasteiger partial charge in [0.2, 0.25) is 0 Å². The molecule has 0 bridgehead atoms. The monoisotopic (exact) mass is 348 g/mol. The Balaban J connectivity index is 1.78. The standard InChI is InChI=1S/C20H20N4O2/c1-11-22-16-6-5-14(19(18(16)23-11)26-10-12-3-4-12)15-9-24(2)20(25)17-13(15)7-8-21-17/h5-9,12,21H,3-4,10H2,1-2H3,(H,22,23). The molecule has 26 heavy (non-hydrogen) atoms. The van der Waals surface area contributed by atoms with E-state index in [0.717, 1.165) is 39.1 Å². The van der Waals surface area contributed by atoms with Crippen molar-refractivity contribution in [3.63, 3.8) is 0 Å². The summed E-state index contributed by atoms with van der Waals surface area (Å²) < 4.78 is 7.87. The van der Waals surface area contributed by atoms with Crippen molar-refractivity contribution < 1.29 is 4.74 Å². The first-order valence-corrected chi connectivity index (χ1v) is 8.91. The van der Waals surface area contributed by atoms with Gasteiger partial charge < -0.3 is 19.3 Å². The third-order valence-electron chi connectivity index (χ3n) is 5.07. The van der Waals surface area contributed by atoms with Crippen molar-refractivity contribution in [2.45, 2.75) is 19.8 Å². The van der Waals surface area contributed by atoms with Crippen LogP contribution in [0.2, 0.25) is 0 Å². The van der Waals surface area contributed by atoms with E-state index >= 15 is 0 Å². The number of fused-ring (bicyclic) bond motifs is 2. The summed E-state index contributed by atoms with van der Waals surface area (Å²) in [4.78, 5) is 23.4. The van der Waals surface area contributed by atoms with Crippen LogP contribution in [0, 0.1) is 12.8 Å². The van der Waals surface area contributed by atoms with Gasteiger partial charge in [0.1, 0.15) is 16.9 Å². The second-order valence-corrected chi connectivity index (χ2v) is 7.14. The maximum atomic E-state index is 12.4. The molecule has 0 spiro atoms. The van der Waals surface area contributed by atoms with E-state index in [1.807, 2.05) is 25.3 Å². The Morgan fingerprint density at radius 1 is 1.27 bits per heavy atom. The van der Waals surface area contributed by atoms with Crippen LogP contribution < -0.4 is 10.3 Å². The minimum Gasteiger partial charge on any atom is -0.490 e. The predicted octanol–water partition coefficient (Wildman–Crippen LogP) is 3.51. The number of nitrogens with one attached hydrogen (secondary N) is 2. The van der Waals surface area contributed by atoms with Crippen LogP contribution in [-0.4, -0.2) is 26.1 Å². The number of ether oxygens (including phenoxy) is 1. The molecule has 0 atom stereocenters. The molecule has 1 fully saturated rings. The van der Waals surface area contributed by atoms with Crippen molar-refractivity contribution in [2.75, 3.05) is 6.61 Å². The van der Waals surface area contributed by atoms with Gasteiger partial charge in [-0.3, -0.25) is 4.79 Å². The highest BCUT2D eigenvalue weighted by Crippen LogP contribution is 2.40. The molecule has 0 aliphatic heterocycles. The molecule has 1 aliphatic rings. The topological polar surface area (TPSA) is 75.7 Å². The molecule has 2 N–H and O–H groups in total. The molecule has 0 unspecified atom stereocenters. The van der Waals surface area contributed by atoms with Crippen LogP contribution in [0.15, 0.2) is 35.4 Å². The molecule has 3 aromatic heterocycles. The predicted molar refractivity (Wildman–Crippen MR) is 102 cm³/mol. The number of pyridine rings is 1. The Morgan fingerprint density at radius 3 is 2.92 bits per heavy atom. The van der Waals surface area contributed by atoms with Gasteiger partial charge in [0.25, 0.3) is 5.56 Å². The van der Waals surface area contributed by atoms with Crippen molar-refractivity contribution in [2.24, 2.45) is 13.0 Å². The lowest BCUT2D eigenvalue weighted by Gasteiger charge is -2.14. The number of aromatic nitrogens is 4.